The molecule has 0 atom stereocenters. The van der Waals surface area contributed by atoms with Crippen LogP contribution in [0.4, 0.5) is 23.2 Å². The normalized spacial score (nSPS) is 11.3. The first kappa shape index (κ1) is 19.6. The SMILES string of the molecule is O=C(CSc1nnnn1-c1ccc(OC(F)(F)F)cc1)Nc1ccccc1F. The van der Waals surface area contributed by atoms with E-state index in [-0.39, 0.29) is 22.3 Å². The number of aromatic nitrogens is 4. The van der Waals surface area contributed by atoms with Crippen LogP contribution in [0, 0.1) is 5.82 Å². The Balaban J connectivity index is 1.64. The lowest BCUT2D eigenvalue weighted by atomic mass is 10.3. The van der Waals surface area contributed by atoms with Crippen LogP contribution in [0.5, 0.6) is 5.75 Å². The monoisotopic (exact) mass is 413 g/mol. The number of amides is 1. The second kappa shape index (κ2) is 8.25. The summed E-state index contributed by atoms with van der Waals surface area (Å²) in [5.74, 6) is -1.53. The highest BCUT2D eigenvalue weighted by Crippen LogP contribution is 2.25. The van der Waals surface area contributed by atoms with Crippen molar-refractivity contribution in [1.29, 1.82) is 0 Å². The molecule has 1 heterocycles. The van der Waals surface area contributed by atoms with Gasteiger partial charge in [-0.3, -0.25) is 4.79 Å². The highest BCUT2D eigenvalue weighted by Gasteiger charge is 2.31. The quantitative estimate of drug-likeness (QED) is 0.493. The molecular formula is C16H11F4N5O2S. The maximum absolute atomic E-state index is 13.5. The molecule has 12 heteroatoms. The molecule has 0 spiro atoms. The first-order valence-corrected chi connectivity index (χ1v) is 8.62. The van der Waals surface area contributed by atoms with Crippen LogP contribution in [0.25, 0.3) is 5.69 Å². The van der Waals surface area contributed by atoms with Crippen molar-refractivity contribution in [2.45, 2.75) is 11.5 Å². The van der Waals surface area contributed by atoms with Crippen molar-refractivity contribution >= 4 is 23.4 Å². The van der Waals surface area contributed by atoms with E-state index in [2.05, 4.69) is 25.6 Å². The minimum atomic E-state index is -4.79. The first-order valence-electron chi connectivity index (χ1n) is 7.63. The van der Waals surface area contributed by atoms with Crippen molar-refractivity contribution in [3.05, 3.63) is 54.3 Å². The molecule has 3 aromatic rings. The van der Waals surface area contributed by atoms with E-state index in [1.807, 2.05) is 0 Å². The lowest BCUT2D eigenvalue weighted by molar-refractivity contribution is -0.274. The van der Waals surface area contributed by atoms with Crippen molar-refractivity contribution in [3.8, 4) is 11.4 Å². The van der Waals surface area contributed by atoms with Crippen molar-refractivity contribution in [3.63, 3.8) is 0 Å². The third-order valence-electron chi connectivity index (χ3n) is 3.24. The summed E-state index contributed by atoms with van der Waals surface area (Å²) >= 11 is 0.977. The van der Waals surface area contributed by atoms with E-state index in [1.165, 1.54) is 35.0 Å². The number of ether oxygens (including phenoxy) is 1. The first-order chi connectivity index (χ1) is 13.3. The van der Waals surface area contributed by atoms with Crippen LogP contribution in [0.3, 0.4) is 0 Å². The highest BCUT2D eigenvalue weighted by molar-refractivity contribution is 7.99. The van der Waals surface area contributed by atoms with Gasteiger partial charge in [-0.25, -0.2) is 4.39 Å². The van der Waals surface area contributed by atoms with Gasteiger partial charge in [-0.1, -0.05) is 23.9 Å². The van der Waals surface area contributed by atoms with Crippen molar-refractivity contribution in [1.82, 2.24) is 20.2 Å². The van der Waals surface area contributed by atoms with Crippen LogP contribution in [0.1, 0.15) is 0 Å². The van der Waals surface area contributed by atoms with Crippen LogP contribution in [-0.2, 0) is 4.79 Å². The maximum Gasteiger partial charge on any atom is 0.573 e. The van der Waals surface area contributed by atoms with Gasteiger partial charge >= 0.3 is 6.36 Å². The molecule has 0 saturated heterocycles. The van der Waals surface area contributed by atoms with Gasteiger partial charge in [0, 0.05) is 0 Å². The summed E-state index contributed by atoms with van der Waals surface area (Å²) in [7, 11) is 0. The number of hydrogen-bond acceptors (Lipinski definition) is 6. The average Bonchev–Trinajstić information content (AvgIpc) is 3.10. The summed E-state index contributed by atoms with van der Waals surface area (Å²) < 4.78 is 55.2. The van der Waals surface area contributed by atoms with Gasteiger partial charge in [0.15, 0.2) is 0 Å². The van der Waals surface area contributed by atoms with Gasteiger partial charge < -0.3 is 10.1 Å². The number of tetrazole rings is 1. The van der Waals surface area contributed by atoms with Gasteiger partial charge in [0.2, 0.25) is 11.1 Å². The molecule has 0 bridgehead atoms. The van der Waals surface area contributed by atoms with E-state index >= 15 is 0 Å². The van der Waals surface area contributed by atoms with Crippen LogP contribution >= 0.6 is 11.8 Å². The topological polar surface area (TPSA) is 81.9 Å². The molecule has 0 aliphatic rings. The van der Waals surface area contributed by atoms with E-state index in [1.54, 1.807) is 6.07 Å². The Kier molecular flexibility index (Phi) is 5.78. The average molecular weight is 413 g/mol. The number of nitrogens with one attached hydrogen (secondary N) is 1. The van der Waals surface area contributed by atoms with E-state index in [9.17, 15) is 22.4 Å². The number of carbonyl (C=O) groups excluding carboxylic acids is 1. The number of para-hydroxylation sites is 1. The van der Waals surface area contributed by atoms with E-state index in [0.29, 0.717) is 5.69 Å². The molecule has 28 heavy (non-hydrogen) atoms. The van der Waals surface area contributed by atoms with Gasteiger partial charge in [-0.05, 0) is 46.8 Å². The Bertz CT molecular complexity index is 962. The number of benzene rings is 2. The molecule has 1 N–H and O–H groups in total. The van der Waals surface area contributed by atoms with Crippen LogP contribution in [0.2, 0.25) is 0 Å². The lowest BCUT2D eigenvalue weighted by Crippen LogP contribution is -2.17. The Hall–Kier alpha value is -3.15. The van der Waals surface area contributed by atoms with E-state index in [0.717, 1.165) is 23.9 Å². The second-order valence-electron chi connectivity index (χ2n) is 5.23. The van der Waals surface area contributed by atoms with E-state index < -0.39 is 18.1 Å². The molecule has 1 amide bonds. The number of carbonyl (C=O) groups is 1. The predicted octanol–water partition coefficient (Wildman–Crippen LogP) is 3.43. The molecule has 0 aliphatic carbocycles. The van der Waals surface area contributed by atoms with Gasteiger partial charge in [-0.2, -0.15) is 4.68 Å². The number of rotatable bonds is 6. The third-order valence-corrected chi connectivity index (χ3v) is 4.16. The van der Waals surface area contributed by atoms with Gasteiger partial charge in [0.25, 0.3) is 0 Å². The van der Waals surface area contributed by atoms with Gasteiger partial charge in [-0.15, -0.1) is 18.3 Å². The highest BCUT2D eigenvalue weighted by atomic mass is 32.2. The molecule has 0 fully saturated rings. The fraction of sp³-hybridized carbons (Fsp3) is 0.125. The summed E-state index contributed by atoms with van der Waals surface area (Å²) in [6.07, 6.45) is -4.79. The summed E-state index contributed by atoms with van der Waals surface area (Å²) in [4.78, 5) is 12.0. The number of anilines is 1. The molecular weight excluding hydrogens is 402 g/mol. The zero-order valence-electron chi connectivity index (χ0n) is 13.9. The molecule has 146 valence electrons. The third kappa shape index (κ3) is 5.19. The zero-order valence-corrected chi connectivity index (χ0v) is 14.7. The molecule has 0 unspecified atom stereocenters. The van der Waals surface area contributed by atoms with Crippen LogP contribution in [0.15, 0.2) is 53.7 Å². The molecule has 0 aliphatic heterocycles. The molecule has 7 nitrogen and oxygen atoms in total. The number of hydrogen-bond donors (Lipinski definition) is 1. The predicted molar refractivity (Wildman–Crippen MR) is 91.6 cm³/mol. The molecule has 1 aromatic heterocycles. The summed E-state index contributed by atoms with van der Waals surface area (Å²) in [6.45, 7) is 0. The summed E-state index contributed by atoms with van der Waals surface area (Å²) in [5.41, 5.74) is 0.421. The Labute approximate surface area is 159 Å². The Morgan fingerprint density at radius 3 is 2.54 bits per heavy atom. The minimum absolute atomic E-state index is 0.0490. The standard InChI is InChI=1S/C16H11F4N5O2S/c17-12-3-1-2-4-13(12)21-14(26)9-28-15-22-23-24-25(15)10-5-7-11(8-6-10)27-16(18,19)20/h1-8H,9H2,(H,21,26). The summed E-state index contributed by atoms with van der Waals surface area (Å²) in [6, 6.07) is 10.6. The van der Waals surface area contributed by atoms with Gasteiger partial charge in [0.1, 0.15) is 11.6 Å². The fourth-order valence-electron chi connectivity index (χ4n) is 2.10. The molecule has 0 radical (unpaired) electrons. The number of alkyl halides is 3. The van der Waals surface area contributed by atoms with Crippen LogP contribution < -0.4 is 10.1 Å². The fourth-order valence-corrected chi connectivity index (χ4v) is 2.79. The molecule has 2 aromatic carbocycles. The molecule has 0 saturated carbocycles. The number of halogens is 4. The van der Waals surface area contributed by atoms with Crippen molar-refractivity contribution < 1.29 is 27.1 Å². The maximum atomic E-state index is 13.5. The molecule has 3 rings (SSSR count). The lowest BCUT2D eigenvalue weighted by Gasteiger charge is -2.09. The Morgan fingerprint density at radius 1 is 1.14 bits per heavy atom. The number of nitrogens with zero attached hydrogens (tertiary/aromatic N) is 4. The van der Waals surface area contributed by atoms with Gasteiger partial charge in [0.05, 0.1) is 17.1 Å². The smallest absolute Gasteiger partial charge is 0.406 e. The Morgan fingerprint density at radius 2 is 1.86 bits per heavy atom. The van der Waals surface area contributed by atoms with E-state index in [4.69, 9.17) is 0 Å². The second-order valence-corrected chi connectivity index (χ2v) is 6.17. The largest absolute Gasteiger partial charge is 0.573 e. The summed E-state index contributed by atoms with van der Waals surface area (Å²) in [5, 5.41) is 13.7. The van der Waals surface area contributed by atoms with Crippen molar-refractivity contribution in [2.75, 3.05) is 11.1 Å². The minimum Gasteiger partial charge on any atom is -0.406 e. The van der Waals surface area contributed by atoms with Crippen molar-refractivity contribution in [2.24, 2.45) is 0 Å². The number of thioether (sulfide) groups is 1. The zero-order chi connectivity index (χ0) is 20.1. The van der Waals surface area contributed by atoms with Crippen LogP contribution in [-0.4, -0.2) is 38.2 Å².